The normalized spacial score (nSPS) is 17.8. The SMILES string of the molecule is CN(C[C@H]1CCCN(c2cc3ccccc3c(Cl)n2)C1)C(=O)OC(C)(C)C. The molecule has 1 aromatic carbocycles. The highest BCUT2D eigenvalue weighted by molar-refractivity contribution is 6.34. The molecule has 6 heteroatoms. The van der Waals surface area contributed by atoms with Gasteiger partial charge in [-0.25, -0.2) is 9.78 Å². The van der Waals surface area contributed by atoms with Gasteiger partial charge in [0, 0.05) is 32.1 Å². The molecule has 0 bridgehead atoms. The average molecular weight is 390 g/mol. The van der Waals surface area contributed by atoms with Crippen molar-refractivity contribution in [3.63, 3.8) is 0 Å². The van der Waals surface area contributed by atoms with Crippen molar-refractivity contribution in [1.82, 2.24) is 9.88 Å². The van der Waals surface area contributed by atoms with Crippen molar-refractivity contribution in [3.05, 3.63) is 35.5 Å². The third kappa shape index (κ3) is 5.04. The molecule has 1 aromatic heterocycles. The number of fused-ring (bicyclic) bond motifs is 1. The quantitative estimate of drug-likeness (QED) is 0.695. The van der Waals surface area contributed by atoms with E-state index in [9.17, 15) is 4.79 Å². The summed E-state index contributed by atoms with van der Waals surface area (Å²) in [5.41, 5.74) is -0.476. The molecule has 0 spiro atoms. The number of carbonyl (C=O) groups excluding carboxylic acids is 1. The molecule has 1 saturated heterocycles. The number of hydrogen-bond donors (Lipinski definition) is 0. The molecule has 2 heterocycles. The molecule has 0 radical (unpaired) electrons. The van der Waals surface area contributed by atoms with Crippen molar-refractivity contribution in [2.45, 2.75) is 39.2 Å². The summed E-state index contributed by atoms with van der Waals surface area (Å²) < 4.78 is 5.46. The first-order chi connectivity index (χ1) is 12.7. The van der Waals surface area contributed by atoms with E-state index >= 15 is 0 Å². The topological polar surface area (TPSA) is 45.7 Å². The average Bonchev–Trinajstić information content (AvgIpc) is 2.60. The molecule has 1 aliphatic heterocycles. The number of aromatic nitrogens is 1. The second kappa shape index (κ2) is 7.93. The molecule has 1 amide bonds. The fraction of sp³-hybridized carbons (Fsp3) is 0.524. The molecule has 2 aromatic rings. The lowest BCUT2D eigenvalue weighted by Crippen LogP contribution is -2.43. The zero-order valence-electron chi connectivity index (χ0n) is 16.5. The Morgan fingerprint density at radius 3 is 2.85 bits per heavy atom. The van der Waals surface area contributed by atoms with Crippen LogP contribution in [0.15, 0.2) is 30.3 Å². The van der Waals surface area contributed by atoms with Crippen LogP contribution in [-0.2, 0) is 4.74 Å². The highest BCUT2D eigenvalue weighted by Crippen LogP contribution is 2.29. The van der Waals surface area contributed by atoms with Crippen molar-refractivity contribution < 1.29 is 9.53 Å². The Morgan fingerprint density at radius 1 is 1.37 bits per heavy atom. The first kappa shape index (κ1) is 19.7. The van der Waals surface area contributed by atoms with Crippen LogP contribution in [0.25, 0.3) is 10.8 Å². The largest absolute Gasteiger partial charge is 0.444 e. The lowest BCUT2D eigenvalue weighted by atomic mass is 9.97. The fourth-order valence-electron chi connectivity index (χ4n) is 3.53. The highest BCUT2D eigenvalue weighted by atomic mass is 35.5. The van der Waals surface area contributed by atoms with Crippen molar-refractivity contribution in [1.29, 1.82) is 0 Å². The molecule has 1 aliphatic rings. The Bertz CT molecular complexity index is 819. The summed E-state index contributed by atoms with van der Waals surface area (Å²) in [6.45, 7) is 8.14. The lowest BCUT2D eigenvalue weighted by Gasteiger charge is -2.36. The minimum atomic E-state index is -0.476. The number of rotatable bonds is 3. The molecule has 146 valence electrons. The summed E-state index contributed by atoms with van der Waals surface area (Å²) in [4.78, 5) is 20.8. The number of ether oxygens (including phenoxy) is 1. The Kier molecular flexibility index (Phi) is 5.80. The molecule has 5 nitrogen and oxygen atoms in total. The third-order valence-electron chi connectivity index (χ3n) is 4.76. The summed E-state index contributed by atoms with van der Waals surface area (Å²) >= 11 is 6.40. The van der Waals surface area contributed by atoms with E-state index < -0.39 is 5.60 Å². The van der Waals surface area contributed by atoms with Crippen LogP contribution in [0, 0.1) is 5.92 Å². The Balaban J connectivity index is 1.68. The van der Waals surface area contributed by atoms with Crippen LogP contribution in [0.4, 0.5) is 10.6 Å². The highest BCUT2D eigenvalue weighted by Gasteiger charge is 2.26. The van der Waals surface area contributed by atoms with Gasteiger partial charge in [0.15, 0.2) is 0 Å². The van der Waals surface area contributed by atoms with E-state index in [1.54, 1.807) is 11.9 Å². The predicted molar refractivity (Wildman–Crippen MR) is 111 cm³/mol. The fourth-order valence-corrected chi connectivity index (χ4v) is 3.79. The molecule has 1 atom stereocenters. The number of amides is 1. The molecular formula is C21H28ClN3O2. The number of nitrogens with zero attached hydrogens (tertiary/aromatic N) is 3. The number of piperidine rings is 1. The van der Waals surface area contributed by atoms with Crippen LogP contribution in [0.2, 0.25) is 5.15 Å². The summed E-state index contributed by atoms with van der Waals surface area (Å²) in [6.07, 6.45) is 1.88. The molecule has 27 heavy (non-hydrogen) atoms. The van der Waals surface area contributed by atoms with Gasteiger partial charge in [-0.2, -0.15) is 0 Å². The van der Waals surface area contributed by atoms with Gasteiger partial charge >= 0.3 is 6.09 Å². The van der Waals surface area contributed by atoms with Crippen LogP contribution in [0.1, 0.15) is 33.6 Å². The molecule has 3 rings (SSSR count). The molecule has 1 fully saturated rings. The van der Waals surface area contributed by atoms with Gasteiger partial charge in [0.2, 0.25) is 0 Å². The van der Waals surface area contributed by atoms with E-state index in [0.29, 0.717) is 17.6 Å². The van der Waals surface area contributed by atoms with E-state index in [1.807, 2.05) is 39.0 Å². The number of carbonyl (C=O) groups is 1. The van der Waals surface area contributed by atoms with Crippen LogP contribution >= 0.6 is 11.6 Å². The predicted octanol–water partition coefficient (Wildman–Crippen LogP) is 4.97. The Hall–Kier alpha value is -2.01. The van der Waals surface area contributed by atoms with Gasteiger partial charge in [-0.05, 0) is 51.0 Å². The van der Waals surface area contributed by atoms with Crippen molar-refractivity contribution in [2.24, 2.45) is 5.92 Å². The first-order valence-corrected chi connectivity index (χ1v) is 9.85. The summed E-state index contributed by atoms with van der Waals surface area (Å²) in [7, 11) is 1.80. The van der Waals surface area contributed by atoms with Crippen LogP contribution in [0.3, 0.4) is 0 Å². The summed E-state index contributed by atoms with van der Waals surface area (Å²) in [5, 5.41) is 2.61. The second-order valence-corrected chi connectivity index (χ2v) is 8.67. The van der Waals surface area contributed by atoms with E-state index in [2.05, 4.69) is 22.0 Å². The first-order valence-electron chi connectivity index (χ1n) is 9.47. The van der Waals surface area contributed by atoms with E-state index in [4.69, 9.17) is 16.3 Å². The Morgan fingerprint density at radius 2 is 2.11 bits per heavy atom. The summed E-state index contributed by atoms with van der Waals surface area (Å²) in [5.74, 6) is 1.28. The smallest absolute Gasteiger partial charge is 0.410 e. The minimum absolute atomic E-state index is 0.272. The molecule has 0 aliphatic carbocycles. The minimum Gasteiger partial charge on any atom is -0.444 e. The van der Waals surface area contributed by atoms with Gasteiger partial charge in [0.05, 0.1) is 0 Å². The van der Waals surface area contributed by atoms with Gasteiger partial charge in [-0.1, -0.05) is 35.9 Å². The maximum atomic E-state index is 12.2. The Labute approximate surface area is 166 Å². The maximum Gasteiger partial charge on any atom is 0.410 e. The zero-order chi connectivity index (χ0) is 19.6. The molecule has 0 unspecified atom stereocenters. The van der Waals surface area contributed by atoms with Gasteiger partial charge in [0.25, 0.3) is 0 Å². The summed E-state index contributed by atoms with van der Waals surface area (Å²) in [6, 6.07) is 10.1. The monoisotopic (exact) mass is 389 g/mol. The van der Waals surface area contributed by atoms with Crippen LogP contribution in [0.5, 0.6) is 0 Å². The van der Waals surface area contributed by atoms with Crippen molar-refractivity contribution in [3.8, 4) is 0 Å². The van der Waals surface area contributed by atoms with Crippen LogP contribution < -0.4 is 4.90 Å². The standard InChI is InChI=1S/C21H28ClN3O2/c1-21(2,3)27-20(26)24(4)13-15-8-7-11-25(14-15)18-12-16-9-5-6-10-17(16)19(22)23-18/h5-6,9-10,12,15H,7-8,11,13-14H2,1-4H3/t15-/m1/s1. The number of pyridine rings is 1. The van der Waals surface area contributed by atoms with E-state index in [-0.39, 0.29) is 6.09 Å². The number of hydrogen-bond acceptors (Lipinski definition) is 4. The number of halogens is 1. The van der Waals surface area contributed by atoms with Gasteiger partial charge in [-0.3, -0.25) is 0 Å². The van der Waals surface area contributed by atoms with Crippen molar-refractivity contribution >= 4 is 34.3 Å². The zero-order valence-corrected chi connectivity index (χ0v) is 17.3. The van der Waals surface area contributed by atoms with E-state index in [1.165, 1.54) is 0 Å². The number of anilines is 1. The van der Waals surface area contributed by atoms with Gasteiger partial charge in [0.1, 0.15) is 16.6 Å². The van der Waals surface area contributed by atoms with Crippen molar-refractivity contribution in [2.75, 3.05) is 31.6 Å². The van der Waals surface area contributed by atoms with E-state index in [0.717, 1.165) is 42.5 Å². The van der Waals surface area contributed by atoms with Crippen LogP contribution in [-0.4, -0.2) is 48.3 Å². The number of benzene rings is 1. The maximum absolute atomic E-state index is 12.2. The third-order valence-corrected chi connectivity index (χ3v) is 5.05. The molecule has 0 N–H and O–H groups in total. The van der Waals surface area contributed by atoms with Gasteiger partial charge in [-0.15, -0.1) is 0 Å². The second-order valence-electron chi connectivity index (χ2n) is 8.31. The molecular weight excluding hydrogens is 362 g/mol. The lowest BCUT2D eigenvalue weighted by molar-refractivity contribution is 0.0269. The van der Waals surface area contributed by atoms with Gasteiger partial charge < -0.3 is 14.5 Å². The molecule has 0 saturated carbocycles.